The van der Waals surface area contributed by atoms with Crippen LogP contribution >= 0.6 is 0 Å². The Labute approximate surface area is 134 Å². The van der Waals surface area contributed by atoms with Crippen LogP contribution in [0, 0.1) is 6.92 Å². The maximum Gasteiger partial charge on any atom is 0.410 e. The van der Waals surface area contributed by atoms with Gasteiger partial charge in [-0.2, -0.15) is 0 Å². The average molecular weight is 310 g/mol. The normalized spacial score (nSPS) is 13.3. The molecule has 1 amide bonds. The molecule has 0 saturated carbocycles. The van der Waals surface area contributed by atoms with Crippen molar-refractivity contribution < 1.29 is 13.9 Å². The summed E-state index contributed by atoms with van der Waals surface area (Å²) in [5.74, 6) is 1.81. The van der Waals surface area contributed by atoms with Crippen LogP contribution in [0.1, 0.15) is 59.1 Å². The van der Waals surface area contributed by atoms with Crippen LogP contribution < -0.4 is 5.32 Å². The summed E-state index contributed by atoms with van der Waals surface area (Å²) < 4.78 is 11.0. The summed E-state index contributed by atoms with van der Waals surface area (Å²) in [5, 5.41) is 3.37. The van der Waals surface area contributed by atoms with Gasteiger partial charge in [0.25, 0.3) is 0 Å². The summed E-state index contributed by atoms with van der Waals surface area (Å²) in [4.78, 5) is 13.9. The molecule has 0 aliphatic rings. The van der Waals surface area contributed by atoms with Crippen LogP contribution in [0.15, 0.2) is 16.5 Å². The van der Waals surface area contributed by atoms with Crippen molar-refractivity contribution in [2.45, 2.75) is 66.2 Å². The van der Waals surface area contributed by atoms with E-state index in [2.05, 4.69) is 5.32 Å². The maximum atomic E-state index is 12.2. The van der Waals surface area contributed by atoms with Gasteiger partial charge in [0.15, 0.2) is 0 Å². The molecule has 1 unspecified atom stereocenters. The van der Waals surface area contributed by atoms with Crippen molar-refractivity contribution in [1.29, 1.82) is 0 Å². The molecular formula is C17H30N2O3. The van der Waals surface area contributed by atoms with Gasteiger partial charge in [-0.25, -0.2) is 4.79 Å². The summed E-state index contributed by atoms with van der Waals surface area (Å²) >= 11 is 0. The van der Waals surface area contributed by atoms with Crippen molar-refractivity contribution in [2.75, 3.05) is 13.1 Å². The van der Waals surface area contributed by atoms with Crippen molar-refractivity contribution in [2.24, 2.45) is 0 Å². The number of carbonyl (C=O) groups is 1. The van der Waals surface area contributed by atoms with Crippen molar-refractivity contribution in [3.05, 3.63) is 23.7 Å². The molecule has 1 heterocycles. The Bertz CT molecular complexity index is 474. The monoisotopic (exact) mass is 310 g/mol. The summed E-state index contributed by atoms with van der Waals surface area (Å²) in [6.07, 6.45) is -0.272. The second kappa shape index (κ2) is 7.68. The summed E-state index contributed by atoms with van der Waals surface area (Å²) in [7, 11) is 0. The maximum absolute atomic E-state index is 12.2. The molecule has 1 aromatic heterocycles. The number of ether oxygens (including phenoxy) is 1. The second-order valence-corrected chi connectivity index (χ2v) is 6.89. The lowest BCUT2D eigenvalue weighted by atomic mass is 10.2. The Morgan fingerprint density at radius 3 is 2.41 bits per heavy atom. The highest BCUT2D eigenvalue weighted by Crippen LogP contribution is 2.15. The fraction of sp³-hybridized carbons (Fsp3) is 0.706. The van der Waals surface area contributed by atoms with Crippen LogP contribution in [0.5, 0.6) is 0 Å². The molecule has 22 heavy (non-hydrogen) atoms. The SMILES string of the molecule is Cc1ccc(C(C)NCCN(C(=O)OC(C)(C)C)C(C)C)o1. The third kappa shape index (κ3) is 6.10. The predicted octanol–water partition coefficient (Wildman–Crippen LogP) is 3.88. The molecule has 0 saturated heterocycles. The molecule has 0 aliphatic heterocycles. The van der Waals surface area contributed by atoms with E-state index in [9.17, 15) is 4.79 Å². The molecule has 1 N–H and O–H groups in total. The van der Waals surface area contributed by atoms with Crippen LogP contribution in [0.2, 0.25) is 0 Å². The number of hydrogen-bond acceptors (Lipinski definition) is 4. The Morgan fingerprint density at radius 2 is 1.95 bits per heavy atom. The zero-order chi connectivity index (χ0) is 16.9. The molecule has 0 bridgehead atoms. The molecule has 0 aromatic carbocycles. The minimum atomic E-state index is -0.476. The van der Waals surface area contributed by atoms with E-state index in [4.69, 9.17) is 9.15 Å². The van der Waals surface area contributed by atoms with Gasteiger partial charge in [0, 0.05) is 19.1 Å². The first-order valence-corrected chi connectivity index (χ1v) is 7.89. The fourth-order valence-corrected chi connectivity index (χ4v) is 2.07. The molecule has 0 radical (unpaired) electrons. The summed E-state index contributed by atoms with van der Waals surface area (Å²) in [6.45, 7) is 14.9. The van der Waals surface area contributed by atoms with Gasteiger partial charge < -0.3 is 19.4 Å². The number of carbonyl (C=O) groups excluding carboxylic acids is 1. The minimum Gasteiger partial charge on any atom is -0.465 e. The van der Waals surface area contributed by atoms with Crippen LogP contribution in [0.25, 0.3) is 0 Å². The molecule has 1 rings (SSSR count). The highest BCUT2D eigenvalue weighted by molar-refractivity contribution is 5.68. The molecule has 5 nitrogen and oxygen atoms in total. The lowest BCUT2D eigenvalue weighted by Crippen LogP contribution is -2.44. The van der Waals surface area contributed by atoms with Crippen LogP contribution in [0.3, 0.4) is 0 Å². The Hall–Kier alpha value is -1.49. The highest BCUT2D eigenvalue weighted by Gasteiger charge is 2.24. The molecule has 0 spiro atoms. The molecule has 0 aliphatic carbocycles. The molecule has 0 fully saturated rings. The van der Waals surface area contributed by atoms with Crippen molar-refractivity contribution in [3.8, 4) is 0 Å². The lowest BCUT2D eigenvalue weighted by molar-refractivity contribution is 0.0192. The number of rotatable bonds is 6. The van der Waals surface area contributed by atoms with Gasteiger partial charge in [-0.3, -0.25) is 0 Å². The van der Waals surface area contributed by atoms with E-state index in [1.807, 2.05) is 60.6 Å². The second-order valence-electron chi connectivity index (χ2n) is 6.89. The zero-order valence-electron chi connectivity index (χ0n) is 14.9. The van der Waals surface area contributed by atoms with E-state index < -0.39 is 5.60 Å². The Morgan fingerprint density at radius 1 is 1.32 bits per heavy atom. The van der Waals surface area contributed by atoms with E-state index in [-0.39, 0.29) is 18.2 Å². The van der Waals surface area contributed by atoms with Gasteiger partial charge in [0.05, 0.1) is 6.04 Å². The molecule has 1 aromatic rings. The number of nitrogens with one attached hydrogen (secondary N) is 1. The summed E-state index contributed by atoms with van der Waals surface area (Å²) in [6, 6.07) is 4.13. The summed E-state index contributed by atoms with van der Waals surface area (Å²) in [5.41, 5.74) is -0.476. The van der Waals surface area contributed by atoms with Crippen molar-refractivity contribution in [3.63, 3.8) is 0 Å². The number of nitrogens with zero attached hydrogens (tertiary/aromatic N) is 1. The predicted molar refractivity (Wildman–Crippen MR) is 87.9 cm³/mol. The number of hydrogen-bond donors (Lipinski definition) is 1. The third-order valence-corrected chi connectivity index (χ3v) is 3.24. The average Bonchev–Trinajstić information content (AvgIpc) is 2.78. The standard InChI is InChI=1S/C17H30N2O3/c1-12(2)19(16(20)22-17(5,6)7)11-10-18-14(4)15-9-8-13(3)21-15/h8-9,12,14,18H,10-11H2,1-7H3. The number of aryl methyl sites for hydroxylation is 1. The van der Waals surface area contributed by atoms with Gasteiger partial charge in [-0.15, -0.1) is 0 Å². The molecule has 5 heteroatoms. The van der Waals surface area contributed by atoms with E-state index in [0.717, 1.165) is 11.5 Å². The van der Waals surface area contributed by atoms with E-state index in [1.54, 1.807) is 4.90 Å². The van der Waals surface area contributed by atoms with Crippen LogP contribution in [-0.4, -0.2) is 35.7 Å². The molecule has 126 valence electrons. The Balaban J connectivity index is 2.49. The van der Waals surface area contributed by atoms with Crippen molar-refractivity contribution >= 4 is 6.09 Å². The van der Waals surface area contributed by atoms with Crippen LogP contribution in [-0.2, 0) is 4.74 Å². The Kier molecular flexibility index (Phi) is 6.48. The number of amides is 1. The first kappa shape index (κ1) is 18.6. The molecule has 1 atom stereocenters. The highest BCUT2D eigenvalue weighted by atomic mass is 16.6. The zero-order valence-corrected chi connectivity index (χ0v) is 14.9. The van der Waals surface area contributed by atoms with E-state index in [1.165, 1.54) is 0 Å². The third-order valence-electron chi connectivity index (χ3n) is 3.24. The van der Waals surface area contributed by atoms with Gasteiger partial charge in [-0.1, -0.05) is 0 Å². The van der Waals surface area contributed by atoms with Crippen molar-refractivity contribution in [1.82, 2.24) is 10.2 Å². The topological polar surface area (TPSA) is 54.7 Å². The fourth-order valence-electron chi connectivity index (χ4n) is 2.07. The van der Waals surface area contributed by atoms with Gasteiger partial charge in [0.2, 0.25) is 0 Å². The van der Waals surface area contributed by atoms with Crippen LogP contribution in [0.4, 0.5) is 4.79 Å². The largest absolute Gasteiger partial charge is 0.465 e. The smallest absolute Gasteiger partial charge is 0.410 e. The lowest BCUT2D eigenvalue weighted by Gasteiger charge is -2.30. The van der Waals surface area contributed by atoms with E-state index in [0.29, 0.717) is 13.1 Å². The molecular weight excluding hydrogens is 280 g/mol. The van der Waals surface area contributed by atoms with E-state index >= 15 is 0 Å². The van der Waals surface area contributed by atoms with Gasteiger partial charge >= 0.3 is 6.09 Å². The first-order valence-electron chi connectivity index (χ1n) is 7.89. The van der Waals surface area contributed by atoms with Gasteiger partial charge in [0.1, 0.15) is 17.1 Å². The minimum absolute atomic E-state index is 0.0952. The quantitative estimate of drug-likeness (QED) is 0.866. The first-order chi connectivity index (χ1) is 10.1. The number of furan rings is 1. The van der Waals surface area contributed by atoms with Gasteiger partial charge in [-0.05, 0) is 60.6 Å².